The number of hydrogen-bond acceptors (Lipinski definition) is 2. The third kappa shape index (κ3) is 2.88. The molecule has 1 aliphatic carbocycles. The second-order valence-corrected chi connectivity index (χ2v) is 5.42. The Balaban J connectivity index is 2.19. The van der Waals surface area contributed by atoms with Crippen LogP contribution in [0.1, 0.15) is 29.5 Å². The van der Waals surface area contributed by atoms with Crippen molar-refractivity contribution in [3.8, 4) is 0 Å². The predicted molar refractivity (Wildman–Crippen MR) is 69.2 cm³/mol. The number of aryl methyl sites for hydroxylation is 2. The van der Waals surface area contributed by atoms with Crippen LogP contribution >= 0.6 is 0 Å². The summed E-state index contributed by atoms with van der Waals surface area (Å²) in [5.74, 6) is 0.419. The second-order valence-electron chi connectivity index (χ2n) is 5.42. The van der Waals surface area contributed by atoms with Gasteiger partial charge in [0, 0.05) is 13.5 Å². The lowest BCUT2D eigenvalue weighted by Crippen LogP contribution is -2.39. The van der Waals surface area contributed by atoms with Crippen LogP contribution in [-0.2, 0) is 11.2 Å². The van der Waals surface area contributed by atoms with Crippen molar-refractivity contribution in [1.82, 2.24) is 0 Å². The molecule has 1 aromatic carbocycles. The molecule has 0 bridgehead atoms. The van der Waals surface area contributed by atoms with Crippen LogP contribution in [0.4, 0.5) is 0 Å². The van der Waals surface area contributed by atoms with E-state index in [1.54, 1.807) is 7.11 Å². The molecule has 1 fully saturated rings. The zero-order valence-electron chi connectivity index (χ0n) is 11.0. The summed E-state index contributed by atoms with van der Waals surface area (Å²) in [5.41, 5.74) is 3.08. The summed E-state index contributed by atoms with van der Waals surface area (Å²) in [6, 6.07) is 6.43. The molecule has 0 heterocycles. The lowest BCUT2D eigenvalue weighted by molar-refractivity contribution is -0.0475. The van der Waals surface area contributed by atoms with Gasteiger partial charge in [0.15, 0.2) is 0 Å². The van der Waals surface area contributed by atoms with Crippen LogP contribution in [0.25, 0.3) is 0 Å². The van der Waals surface area contributed by atoms with Gasteiger partial charge in [0.1, 0.15) is 0 Å². The normalized spacial score (nSPS) is 19.1. The fraction of sp³-hybridized carbons (Fsp3) is 0.600. The summed E-state index contributed by atoms with van der Waals surface area (Å²) in [6.07, 6.45) is 2.97. The minimum absolute atomic E-state index is 0.419. The molecule has 0 amide bonds. The summed E-state index contributed by atoms with van der Waals surface area (Å²) >= 11 is 0. The van der Waals surface area contributed by atoms with Crippen LogP contribution in [0.2, 0.25) is 0 Å². The summed E-state index contributed by atoms with van der Waals surface area (Å²) in [4.78, 5) is 0. The highest BCUT2D eigenvalue weighted by Gasteiger charge is 2.43. The van der Waals surface area contributed by atoms with E-state index in [2.05, 4.69) is 32.0 Å². The zero-order chi connectivity index (χ0) is 12.5. The summed E-state index contributed by atoms with van der Waals surface area (Å²) in [6.45, 7) is 4.63. The van der Waals surface area contributed by atoms with Gasteiger partial charge in [-0.05, 0) is 43.7 Å². The first kappa shape index (κ1) is 12.6. The molecule has 1 aliphatic rings. The van der Waals surface area contributed by atoms with Crippen molar-refractivity contribution < 1.29 is 9.84 Å². The van der Waals surface area contributed by atoms with Gasteiger partial charge in [-0.3, -0.25) is 0 Å². The summed E-state index contributed by atoms with van der Waals surface area (Å²) in [7, 11) is 1.66. The van der Waals surface area contributed by atoms with Gasteiger partial charge in [-0.2, -0.15) is 0 Å². The zero-order valence-corrected chi connectivity index (χ0v) is 11.0. The molecule has 94 valence electrons. The molecule has 1 saturated carbocycles. The minimum atomic E-state index is -0.673. The Morgan fingerprint density at radius 2 is 2.06 bits per heavy atom. The average molecular weight is 234 g/mol. The van der Waals surface area contributed by atoms with Gasteiger partial charge in [-0.1, -0.05) is 23.8 Å². The van der Waals surface area contributed by atoms with E-state index >= 15 is 0 Å². The number of ether oxygens (including phenoxy) is 1. The predicted octanol–water partition coefficient (Wildman–Crippen LogP) is 2.63. The molecule has 0 radical (unpaired) electrons. The van der Waals surface area contributed by atoms with Gasteiger partial charge in [-0.15, -0.1) is 0 Å². The Kier molecular flexibility index (Phi) is 3.55. The number of benzene rings is 1. The molecular formula is C15H22O2. The molecule has 0 saturated heterocycles. The largest absolute Gasteiger partial charge is 0.387 e. The van der Waals surface area contributed by atoms with Crippen LogP contribution in [0, 0.1) is 19.8 Å². The molecule has 1 unspecified atom stereocenters. The number of hydrogen-bond donors (Lipinski definition) is 1. The Bertz CT molecular complexity index is 396. The molecule has 1 atom stereocenters. The van der Waals surface area contributed by atoms with E-state index in [1.807, 2.05) is 0 Å². The van der Waals surface area contributed by atoms with Crippen molar-refractivity contribution in [1.29, 1.82) is 0 Å². The minimum Gasteiger partial charge on any atom is -0.387 e. The lowest BCUT2D eigenvalue weighted by atomic mass is 9.88. The van der Waals surface area contributed by atoms with Crippen LogP contribution in [-0.4, -0.2) is 24.4 Å². The van der Waals surface area contributed by atoms with Crippen molar-refractivity contribution in [2.75, 3.05) is 13.7 Å². The summed E-state index contributed by atoms with van der Waals surface area (Å²) in [5, 5.41) is 10.7. The highest BCUT2D eigenvalue weighted by atomic mass is 16.5. The Morgan fingerprint density at radius 1 is 1.35 bits per heavy atom. The average Bonchev–Trinajstić information content (AvgIpc) is 3.07. The molecule has 2 rings (SSSR count). The maximum Gasteiger partial charge on any atom is 0.0948 e. The maximum atomic E-state index is 10.7. The SMILES string of the molecule is COCC(O)(Cc1cc(C)ccc1C)C1CC1. The van der Waals surface area contributed by atoms with E-state index in [4.69, 9.17) is 4.74 Å². The highest BCUT2D eigenvalue weighted by molar-refractivity contribution is 5.32. The van der Waals surface area contributed by atoms with Gasteiger partial charge in [0.25, 0.3) is 0 Å². The first-order valence-electron chi connectivity index (χ1n) is 6.32. The Hall–Kier alpha value is -0.860. The first-order chi connectivity index (χ1) is 8.05. The monoisotopic (exact) mass is 234 g/mol. The van der Waals surface area contributed by atoms with Gasteiger partial charge < -0.3 is 9.84 Å². The molecule has 0 aliphatic heterocycles. The van der Waals surface area contributed by atoms with E-state index in [9.17, 15) is 5.11 Å². The number of methoxy groups -OCH3 is 1. The highest BCUT2D eigenvalue weighted by Crippen LogP contribution is 2.42. The topological polar surface area (TPSA) is 29.5 Å². The second kappa shape index (κ2) is 4.79. The van der Waals surface area contributed by atoms with Crippen molar-refractivity contribution in [2.24, 2.45) is 5.92 Å². The van der Waals surface area contributed by atoms with Crippen molar-refractivity contribution in [3.63, 3.8) is 0 Å². The molecule has 17 heavy (non-hydrogen) atoms. The molecular weight excluding hydrogens is 212 g/mol. The fourth-order valence-electron chi connectivity index (χ4n) is 2.50. The summed E-state index contributed by atoms with van der Waals surface area (Å²) < 4.78 is 5.20. The quantitative estimate of drug-likeness (QED) is 0.848. The van der Waals surface area contributed by atoms with Crippen molar-refractivity contribution in [2.45, 2.75) is 38.7 Å². The Morgan fingerprint density at radius 3 is 2.65 bits per heavy atom. The van der Waals surface area contributed by atoms with E-state index in [1.165, 1.54) is 16.7 Å². The third-order valence-electron chi connectivity index (χ3n) is 3.73. The molecule has 0 spiro atoms. The molecule has 2 heteroatoms. The van der Waals surface area contributed by atoms with Gasteiger partial charge in [0.05, 0.1) is 12.2 Å². The maximum absolute atomic E-state index is 10.7. The van der Waals surface area contributed by atoms with Crippen LogP contribution < -0.4 is 0 Å². The van der Waals surface area contributed by atoms with Gasteiger partial charge >= 0.3 is 0 Å². The Labute approximate surface area is 104 Å². The lowest BCUT2D eigenvalue weighted by Gasteiger charge is -2.28. The first-order valence-corrected chi connectivity index (χ1v) is 6.32. The van der Waals surface area contributed by atoms with E-state index in [0.717, 1.165) is 12.8 Å². The van der Waals surface area contributed by atoms with Crippen LogP contribution in [0.3, 0.4) is 0 Å². The number of rotatable bonds is 5. The smallest absolute Gasteiger partial charge is 0.0948 e. The fourth-order valence-corrected chi connectivity index (χ4v) is 2.50. The number of aliphatic hydroxyl groups is 1. The van der Waals surface area contributed by atoms with E-state index < -0.39 is 5.60 Å². The molecule has 2 nitrogen and oxygen atoms in total. The third-order valence-corrected chi connectivity index (χ3v) is 3.73. The molecule has 0 aromatic heterocycles. The molecule has 1 N–H and O–H groups in total. The van der Waals surface area contributed by atoms with Gasteiger partial charge in [-0.25, -0.2) is 0 Å². The van der Waals surface area contributed by atoms with Gasteiger partial charge in [0.2, 0.25) is 0 Å². The van der Waals surface area contributed by atoms with E-state index in [-0.39, 0.29) is 0 Å². The van der Waals surface area contributed by atoms with Crippen molar-refractivity contribution in [3.05, 3.63) is 34.9 Å². The van der Waals surface area contributed by atoms with Crippen molar-refractivity contribution >= 4 is 0 Å². The van der Waals surface area contributed by atoms with Crippen LogP contribution in [0.15, 0.2) is 18.2 Å². The van der Waals surface area contributed by atoms with Crippen LogP contribution in [0.5, 0.6) is 0 Å². The molecule has 1 aromatic rings. The van der Waals surface area contributed by atoms with E-state index in [0.29, 0.717) is 18.9 Å². The standard InChI is InChI=1S/C15H22O2/c1-11-4-5-12(2)13(8-11)9-15(16,10-17-3)14-6-7-14/h4-5,8,14,16H,6-7,9-10H2,1-3H3.